The van der Waals surface area contributed by atoms with E-state index < -0.39 is 0 Å². The lowest BCUT2D eigenvalue weighted by atomic mass is 9.95. The lowest BCUT2D eigenvalue weighted by Crippen LogP contribution is -2.21. The number of nitrogens with one attached hydrogen (secondary N) is 2. The Bertz CT molecular complexity index is 1180. The number of nitrogens with zero attached hydrogens (tertiary/aromatic N) is 2. The molecule has 3 aromatic rings. The maximum Gasteiger partial charge on any atom is 0.341 e. The number of carbonyl (C=O) groups is 1. The van der Waals surface area contributed by atoms with Crippen LogP contribution in [0, 0.1) is 13.8 Å². The van der Waals surface area contributed by atoms with Crippen molar-refractivity contribution >= 4 is 61.3 Å². The first-order valence-corrected chi connectivity index (χ1v) is 13.1. The van der Waals surface area contributed by atoms with Gasteiger partial charge in [-0.25, -0.2) is 4.79 Å². The number of benzene rings is 1. The topological polar surface area (TPSA) is 68.2 Å². The highest BCUT2D eigenvalue weighted by Gasteiger charge is 2.27. The molecule has 0 amide bonds. The zero-order valence-electron chi connectivity index (χ0n) is 19.0. The lowest BCUT2D eigenvalue weighted by Gasteiger charge is -2.13. The molecular weight excluding hydrogens is 520 g/mol. The minimum Gasteiger partial charge on any atom is -0.462 e. The van der Waals surface area contributed by atoms with Crippen molar-refractivity contribution < 1.29 is 9.53 Å². The van der Waals surface area contributed by atoms with E-state index in [2.05, 4.69) is 38.7 Å². The molecule has 1 aromatic carbocycles. The molecule has 2 aromatic heterocycles. The second-order valence-corrected chi connectivity index (χ2v) is 10.5. The molecule has 0 unspecified atom stereocenters. The van der Waals surface area contributed by atoms with Crippen molar-refractivity contribution in [2.24, 2.45) is 0 Å². The van der Waals surface area contributed by atoms with Crippen molar-refractivity contribution in [3.63, 3.8) is 0 Å². The van der Waals surface area contributed by atoms with E-state index in [0.29, 0.717) is 23.8 Å². The summed E-state index contributed by atoms with van der Waals surface area (Å²) >= 11 is 10.7. The summed E-state index contributed by atoms with van der Waals surface area (Å²) in [6, 6.07) is 8.21. The minimum absolute atomic E-state index is 0.281. The van der Waals surface area contributed by atoms with Crippen LogP contribution in [0.15, 0.2) is 28.7 Å². The van der Waals surface area contributed by atoms with Crippen LogP contribution in [0.2, 0.25) is 0 Å². The van der Waals surface area contributed by atoms with Crippen molar-refractivity contribution in [2.75, 3.05) is 17.2 Å². The number of halogens is 1. The van der Waals surface area contributed by atoms with Crippen LogP contribution in [0.1, 0.15) is 57.5 Å². The van der Waals surface area contributed by atoms with Gasteiger partial charge in [-0.3, -0.25) is 4.68 Å². The van der Waals surface area contributed by atoms with Crippen molar-refractivity contribution in [1.82, 2.24) is 9.78 Å². The number of esters is 1. The van der Waals surface area contributed by atoms with Gasteiger partial charge in [-0.2, -0.15) is 5.10 Å². The molecule has 0 atom stereocenters. The summed E-state index contributed by atoms with van der Waals surface area (Å²) in [5.41, 5.74) is 5.66. The van der Waals surface area contributed by atoms with Gasteiger partial charge in [0.2, 0.25) is 0 Å². The number of ether oxygens (including phenoxy) is 1. The van der Waals surface area contributed by atoms with E-state index in [9.17, 15) is 4.79 Å². The van der Waals surface area contributed by atoms with Crippen molar-refractivity contribution in [3.8, 4) is 0 Å². The lowest BCUT2D eigenvalue weighted by molar-refractivity contribution is 0.0526. The largest absolute Gasteiger partial charge is 0.462 e. The number of aromatic nitrogens is 2. The molecule has 2 heterocycles. The second kappa shape index (κ2) is 10.4. The maximum atomic E-state index is 12.7. The SMILES string of the molecule is CCOC(=O)c1c(NC(=S)Nc2c(C)nn(Cc3ccc(Br)cc3)c2C)sc2c1CCCC2. The molecule has 9 heteroatoms. The standard InChI is InChI=1S/C24H27BrN4O2S2/c1-4-31-23(30)20-18-7-5-6-8-19(18)33-22(20)27-24(32)26-21-14(2)28-29(15(21)3)13-16-9-11-17(25)12-10-16/h9-12H,4-8,13H2,1-3H3,(H2,26,27,32). The smallest absolute Gasteiger partial charge is 0.341 e. The molecule has 0 saturated heterocycles. The Morgan fingerprint density at radius 1 is 1.21 bits per heavy atom. The first kappa shape index (κ1) is 23.9. The molecular formula is C24H27BrN4O2S2. The average Bonchev–Trinajstić information content (AvgIpc) is 3.27. The summed E-state index contributed by atoms with van der Waals surface area (Å²) in [6.07, 6.45) is 4.14. The number of thiophene rings is 1. The molecule has 0 aliphatic heterocycles. The first-order chi connectivity index (χ1) is 15.9. The first-order valence-electron chi connectivity index (χ1n) is 11.1. The fraction of sp³-hybridized carbons (Fsp3) is 0.375. The molecule has 33 heavy (non-hydrogen) atoms. The molecule has 0 radical (unpaired) electrons. The molecule has 4 rings (SSSR count). The Morgan fingerprint density at radius 3 is 2.67 bits per heavy atom. The third kappa shape index (κ3) is 5.31. The molecule has 1 aliphatic carbocycles. The van der Waals surface area contributed by atoms with Gasteiger partial charge >= 0.3 is 5.97 Å². The number of hydrogen-bond acceptors (Lipinski definition) is 5. The molecule has 0 fully saturated rings. The van der Waals surface area contributed by atoms with Gasteiger partial charge in [0.25, 0.3) is 0 Å². The van der Waals surface area contributed by atoms with Crippen LogP contribution in [0.25, 0.3) is 0 Å². The fourth-order valence-electron chi connectivity index (χ4n) is 4.12. The van der Waals surface area contributed by atoms with Crippen molar-refractivity contribution in [2.45, 2.75) is 53.0 Å². The summed E-state index contributed by atoms with van der Waals surface area (Å²) in [5.74, 6) is -0.281. The number of rotatable bonds is 6. The Labute approximate surface area is 211 Å². The summed E-state index contributed by atoms with van der Waals surface area (Å²) in [5, 5.41) is 12.5. The van der Waals surface area contributed by atoms with Crippen molar-refractivity contribution in [3.05, 3.63) is 61.7 Å². The maximum absolute atomic E-state index is 12.7. The van der Waals surface area contributed by atoms with Gasteiger partial charge in [-0.05, 0) is 81.9 Å². The predicted molar refractivity (Wildman–Crippen MR) is 142 cm³/mol. The van der Waals surface area contributed by atoms with E-state index in [-0.39, 0.29) is 5.97 Å². The van der Waals surface area contributed by atoms with E-state index in [1.165, 1.54) is 10.4 Å². The highest BCUT2D eigenvalue weighted by molar-refractivity contribution is 9.10. The summed E-state index contributed by atoms with van der Waals surface area (Å²) < 4.78 is 8.37. The number of anilines is 2. The molecule has 0 spiro atoms. The number of carbonyl (C=O) groups excluding carboxylic acids is 1. The third-order valence-electron chi connectivity index (χ3n) is 5.74. The zero-order valence-corrected chi connectivity index (χ0v) is 22.2. The van der Waals surface area contributed by atoms with Crippen LogP contribution in [-0.4, -0.2) is 27.5 Å². The second-order valence-electron chi connectivity index (χ2n) is 8.04. The van der Waals surface area contributed by atoms with E-state index in [1.54, 1.807) is 11.3 Å². The minimum atomic E-state index is -0.281. The van der Waals surface area contributed by atoms with E-state index >= 15 is 0 Å². The number of thiocarbonyl (C=S) groups is 1. The van der Waals surface area contributed by atoms with Crippen LogP contribution in [0.3, 0.4) is 0 Å². The predicted octanol–water partition coefficient (Wildman–Crippen LogP) is 6.24. The fourth-order valence-corrected chi connectivity index (χ4v) is 5.93. The Balaban J connectivity index is 1.53. The van der Waals surface area contributed by atoms with Gasteiger partial charge < -0.3 is 15.4 Å². The van der Waals surface area contributed by atoms with Gasteiger partial charge in [-0.1, -0.05) is 28.1 Å². The number of hydrogen-bond donors (Lipinski definition) is 2. The molecule has 1 aliphatic rings. The van der Waals surface area contributed by atoms with Crippen LogP contribution in [0.4, 0.5) is 10.7 Å². The molecule has 6 nitrogen and oxygen atoms in total. The number of fused-ring (bicyclic) bond motifs is 1. The monoisotopic (exact) mass is 546 g/mol. The third-order valence-corrected chi connectivity index (χ3v) is 7.68. The van der Waals surface area contributed by atoms with E-state index in [0.717, 1.165) is 57.8 Å². The molecule has 174 valence electrons. The van der Waals surface area contributed by atoms with Gasteiger partial charge in [-0.15, -0.1) is 11.3 Å². The van der Waals surface area contributed by atoms with E-state index in [4.69, 9.17) is 22.1 Å². The molecule has 0 bridgehead atoms. The van der Waals surface area contributed by atoms with Crippen LogP contribution in [-0.2, 0) is 24.1 Å². The van der Waals surface area contributed by atoms with Crippen molar-refractivity contribution in [1.29, 1.82) is 0 Å². The van der Waals surface area contributed by atoms with Crippen LogP contribution < -0.4 is 10.6 Å². The quantitative estimate of drug-likeness (QED) is 0.282. The normalized spacial score (nSPS) is 12.8. The van der Waals surface area contributed by atoms with Gasteiger partial charge in [0.05, 0.1) is 35.8 Å². The van der Waals surface area contributed by atoms with Gasteiger partial charge in [0.15, 0.2) is 5.11 Å². The van der Waals surface area contributed by atoms with Crippen LogP contribution >= 0.6 is 39.5 Å². The van der Waals surface area contributed by atoms with Crippen LogP contribution in [0.5, 0.6) is 0 Å². The van der Waals surface area contributed by atoms with Gasteiger partial charge in [0, 0.05) is 9.35 Å². The Morgan fingerprint density at radius 2 is 1.94 bits per heavy atom. The summed E-state index contributed by atoms with van der Waals surface area (Å²) in [7, 11) is 0. The Kier molecular flexibility index (Phi) is 7.51. The van der Waals surface area contributed by atoms with E-state index in [1.807, 2.05) is 37.6 Å². The average molecular weight is 548 g/mol. The summed E-state index contributed by atoms with van der Waals surface area (Å²) in [4.78, 5) is 14.0. The molecule has 2 N–H and O–H groups in total. The Hall–Kier alpha value is -2.23. The van der Waals surface area contributed by atoms with Gasteiger partial charge in [0.1, 0.15) is 5.00 Å². The summed E-state index contributed by atoms with van der Waals surface area (Å²) in [6.45, 7) is 6.84. The number of aryl methyl sites for hydroxylation is 2. The molecule has 0 saturated carbocycles. The highest BCUT2D eigenvalue weighted by atomic mass is 79.9. The highest BCUT2D eigenvalue weighted by Crippen LogP contribution is 2.38. The zero-order chi connectivity index (χ0) is 23.5.